The third-order valence-corrected chi connectivity index (χ3v) is 9.27. The topological polar surface area (TPSA) is 31.0 Å². The molecule has 0 atom stereocenters. The minimum absolute atomic E-state index is 0.588. The molecule has 0 aliphatic rings. The van der Waals surface area contributed by atoms with Gasteiger partial charge in [0, 0.05) is 36.5 Å². The van der Waals surface area contributed by atoms with Crippen LogP contribution in [0.15, 0.2) is 138 Å². The maximum Gasteiger partial charge on any atom is 0.307 e. The second kappa shape index (κ2) is 8.65. The van der Waals surface area contributed by atoms with Gasteiger partial charge in [-0.15, -0.1) is 11.3 Å². The Labute approximate surface area is 239 Å². The molecule has 0 bridgehead atoms. The Morgan fingerprint density at radius 2 is 1.15 bits per heavy atom. The van der Waals surface area contributed by atoms with Crippen LogP contribution in [0.4, 0.5) is 0 Å². The zero-order valence-electron chi connectivity index (χ0n) is 21.9. The Hall–Kier alpha value is -5.19. The van der Waals surface area contributed by atoms with Gasteiger partial charge < -0.3 is 4.42 Å². The van der Waals surface area contributed by atoms with Gasteiger partial charge >= 0.3 is 6.01 Å². The fourth-order valence-corrected chi connectivity index (χ4v) is 7.42. The van der Waals surface area contributed by atoms with Crippen LogP contribution in [-0.2, 0) is 0 Å². The lowest BCUT2D eigenvalue weighted by Gasteiger charge is -2.07. The molecular formula is C37H22N2OS. The molecular weight excluding hydrogens is 520 g/mol. The molecule has 0 spiro atoms. The van der Waals surface area contributed by atoms with Crippen molar-refractivity contribution in [2.24, 2.45) is 0 Å². The summed E-state index contributed by atoms with van der Waals surface area (Å²) in [6.07, 6.45) is 0. The molecule has 0 aliphatic carbocycles. The number of thiophene rings is 1. The summed E-state index contributed by atoms with van der Waals surface area (Å²) < 4.78 is 11.3. The zero-order valence-corrected chi connectivity index (χ0v) is 22.7. The first-order valence-corrected chi connectivity index (χ1v) is 14.5. The van der Waals surface area contributed by atoms with E-state index in [9.17, 15) is 0 Å². The summed E-state index contributed by atoms with van der Waals surface area (Å²) in [5, 5.41) is 4.75. The minimum atomic E-state index is 0.588. The monoisotopic (exact) mass is 542 g/mol. The summed E-state index contributed by atoms with van der Waals surface area (Å²) in [6, 6.07) is 47.7. The van der Waals surface area contributed by atoms with Crippen LogP contribution in [0.3, 0.4) is 0 Å². The fourth-order valence-electron chi connectivity index (χ4n) is 6.18. The van der Waals surface area contributed by atoms with Crippen LogP contribution < -0.4 is 0 Å². The number of nitrogens with zero attached hydrogens (tertiary/aromatic N) is 2. The molecule has 41 heavy (non-hydrogen) atoms. The van der Waals surface area contributed by atoms with Crippen molar-refractivity contribution in [3.8, 4) is 28.3 Å². The van der Waals surface area contributed by atoms with Crippen LogP contribution in [0.2, 0.25) is 0 Å². The molecule has 9 rings (SSSR count). The molecule has 0 unspecified atom stereocenters. The number of hydrogen-bond acceptors (Lipinski definition) is 3. The first-order valence-electron chi connectivity index (χ1n) is 13.7. The van der Waals surface area contributed by atoms with Crippen molar-refractivity contribution in [3.63, 3.8) is 0 Å². The van der Waals surface area contributed by atoms with Crippen molar-refractivity contribution in [1.82, 2.24) is 9.55 Å². The van der Waals surface area contributed by atoms with Crippen molar-refractivity contribution in [2.45, 2.75) is 0 Å². The standard InChI is InChI=1S/C37H22N2OS/c1-2-10-23(11-3-1)24-18-20-25(21-19-24)29-22-32-35(34-28-14-6-9-17-33(28)41-36(29)34)38-37(40-32)39-30-15-7-4-12-26(30)27-13-5-8-16-31(27)39/h1-22H. The lowest BCUT2D eigenvalue weighted by molar-refractivity contribution is 0.574. The van der Waals surface area contributed by atoms with E-state index in [1.54, 1.807) is 0 Å². The Balaban J connectivity index is 1.32. The first kappa shape index (κ1) is 22.6. The largest absolute Gasteiger partial charge is 0.423 e. The van der Waals surface area contributed by atoms with E-state index in [-0.39, 0.29) is 0 Å². The summed E-state index contributed by atoms with van der Waals surface area (Å²) in [5.41, 5.74) is 8.62. The van der Waals surface area contributed by atoms with E-state index in [4.69, 9.17) is 9.40 Å². The number of rotatable bonds is 3. The van der Waals surface area contributed by atoms with Gasteiger partial charge in [-0.1, -0.05) is 109 Å². The van der Waals surface area contributed by atoms with E-state index < -0.39 is 0 Å². The van der Waals surface area contributed by atoms with Gasteiger partial charge in [-0.2, -0.15) is 4.98 Å². The molecule has 0 radical (unpaired) electrons. The van der Waals surface area contributed by atoms with Gasteiger partial charge in [0.25, 0.3) is 0 Å². The Morgan fingerprint density at radius 3 is 1.88 bits per heavy atom. The van der Waals surface area contributed by atoms with Gasteiger partial charge in [0.05, 0.1) is 11.0 Å². The van der Waals surface area contributed by atoms with Crippen LogP contribution in [-0.4, -0.2) is 9.55 Å². The number of hydrogen-bond donors (Lipinski definition) is 0. The van der Waals surface area contributed by atoms with Crippen LogP contribution in [0, 0.1) is 0 Å². The van der Waals surface area contributed by atoms with E-state index in [1.807, 2.05) is 11.3 Å². The van der Waals surface area contributed by atoms with Gasteiger partial charge in [0.1, 0.15) is 5.52 Å². The lowest BCUT2D eigenvalue weighted by Crippen LogP contribution is -1.93. The average Bonchev–Trinajstić information content (AvgIpc) is 3.72. The van der Waals surface area contributed by atoms with Crippen molar-refractivity contribution < 1.29 is 4.42 Å². The summed E-state index contributed by atoms with van der Waals surface area (Å²) >= 11 is 1.82. The van der Waals surface area contributed by atoms with Crippen molar-refractivity contribution in [1.29, 1.82) is 0 Å². The minimum Gasteiger partial charge on any atom is -0.423 e. The van der Waals surface area contributed by atoms with E-state index in [1.165, 1.54) is 42.2 Å². The van der Waals surface area contributed by atoms with E-state index in [0.29, 0.717) is 6.01 Å². The quantitative estimate of drug-likeness (QED) is 0.222. The molecule has 0 saturated heterocycles. The number of benzene rings is 6. The highest BCUT2D eigenvalue weighted by molar-refractivity contribution is 7.26. The molecule has 3 aromatic heterocycles. The number of para-hydroxylation sites is 2. The molecule has 0 N–H and O–H groups in total. The summed E-state index contributed by atoms with van der Waals surface area (Å²) in [5.74, 6) is 0. The second-order valence-corrected chi connectivity index (χ2v) is 11.4. The maximum absolute atomic E-state index is 6.67. The third-order valence-electron chi connectivity index (χ3n) is 8.07. The lowest BCUT2D eigenvalue weighted by atomic mass is 9.98. The van der Waals surface area contributed by atoms with Crippen molar-refractivity contribution in [3.05, 3.63) is 133 Å². The van der Waals surface area contributed by atoms with Crippen molar-refractivity contribution in [2.75, 3.05) is 0 Å². The van der Waals surface area contributed by atoms with Crippen LogP contribution in [0.25, 0.3) is 81.3 Å². The number of aromatic nitrogens is 2. The molecule has 0 amide bonds. The molecule has 4 heteroatoms. The van der Waals surface area contributed by atoms with Gasteiger partial charge in [-0.05, 0) is 41.0 Å². The predicted molar refractivity (Wildman–Crippen MR) is 172 cm³/mol. The second-order valence-electron chi connectivity index (χ2n) is 10.4. The predicted octanol–water partition coefficient (Wildman–Crippen LogP) is 10.6. The zero-order chi connectivity index (χ0) is 26.9. The Kier molecular flexibility index (Phi) is 4.77. The van der Waals surface area contributed by atoms with Crippen molar-refractivity contribution >= 4 is 64.4 Å². The summed E-state index contributed by atoms with van der Waals surface area (Å²) in [4.78, 5) is 5.20. The molecule has 3 nitrogen and oxygen atoms in total. The highest BCUT2D eigenvalue weighted by Crippen LogP contribution is 2.45. The maximum atomic E-state index is 6.67. The fraction of sp³-hybridized carbons (Fsp3) is 0. The SMILES string of the molecule is c1ccc(-c2ccc(-c3cc4oc(-n5c6ccccc6c6ccccc65)nc4c4c3sc3ccccc34)cc2)cc1. The average molecular weight is 543 g/mol. The molecule has 6 aromatic carbocycles. The van der Waals surface area contributed by atoms with Crippen LogP contribution >= 0.6 is 11.3 Å². The Morgan fingerprint density at radius 1 is 0.561 bits per heavy atom. The van der Waals surface area contributed by atoms with E-state index in [2.05, 4.69) is 138 Å². The molecule has 9 aromatic rings. The molecule has 0 fully saturated rings. The van der Waals surface area contributed by atoms with Gasteiger partial charge in [-0.3, -0.25) is 4.57 Å². The number of oxazole rings is 1. The van der Waals surface area contributed by atoms with Crippen LogP contribution in [0.5, 0.6) is 0 Å². The van der Waals surface area contributed by atoms with Gasteiger partial charge in [0.2, 0.25) is 0 Å². The summed E-state index contributed by atoms with van der Waals surface area (Å²) in [7, 11) is 0. The first-order chi connectivity index (χ1) is 20.3. The van der Waals surface area contributed by atoms with Gasteiger partial charge in [-0.25, -0.2) is 0 Å². The van der Waals surface area contributed by atoms with Crippen LogP contribution in [0.1, 0.15) is 0 Å². The molecule has 0 saturated carbocycles. The molecule has 0 aliphatic heterocycles. The number of fused-ring (bicyclic) bond motifs is 8. The highest BCUT2D eigenvalue weighted by atomic mass is 32.1. The van der Waals surface area contributed by atoms with E-state index >= 15 is 0 Å². The summed E-state index contributed by atoms with van der Waals surface area (Å²) in [6.45, 7) is 0. The smallest absolute Gasteiger partial charge is 0.307 e. The highest BCUT2D eigenvalue weighted by Gasteiger charge is 2.21. The molecule has 192 valence electrons. The van der Waals surface area contributed by atoms with Gasteiger partial charge in [0.15, 0.2) is 5.58 Å². The third kappa shape index (κ3) is 3.35. The normalized spacial score (nSPS) is 11.9. The Bertz CT molecular complexity index is 2360. The van der Waals surface area contributed by atoms with E-state index in [0.717, 1.165) is 33.1 Å². The molecule has 3 heterocycles.